The zero-order valence-corrected chi connectivity index (χ0v) is 16.6. The van der Waals surface area contributed by atoms with E-state index in [2.05, 4.69) is 38.1 Å². The van der Waals surface area contributed by atoms with Crippen molar-refractivity contribution in [3.63, 3.8) is 0 Å². The summed E-state index contributed by atoms with van der Waals surface area (Å²) in [5.74, 6) is 0.00827. The van der Waals surface area contributed by atoms with Crippen molar-refractivity contribution in [2.45, 2.75) is 39.8 Å². The molecule has 0 aliphatic rings. The van der Waals surface area contributed by atoms with E-state index in [0.29, 0.717) is 41.9 Å². The first-order valence-electron chi connectivity index (χ1n) is 7.23. The molecule has 0 aliphatic heterocycles. The highest BCUT2D eigenvalue weighted by Gasteiger charge is 2.10. The first-order chi connectivity index (χ1) is 10.9. The second-order valence-corrected chi connectivity index (χ2v) is 7.09. The van der Waals surface area contributed by atoms with E-state index in [1.807, 2.05) is 20.0 Å². The number of aryl methyl sites for hydroxylation is 4. The standard InChI is InChI=1S/C14H18Cl2IN5O/c1-9-11(17)8-21(19-9)7-4-12(23)18-5-3-6-22-14(16)13(15)10(2)20-22/h8H,3-7H2,1-2H3,(H,18,23). The molecule has 9 heteroatoms. The zero-order chi connectivity index (χ0) is 17.0. The highest BCUT2D eigenvalue weighted by molar-refractivity contribution is 14.1. The van der Waals surface area contributed by atoms with Gasteiger partial charge in [-0.05, 0) is 42.9 Å². The summed E-state index contributed by atoms with van der Waals surface area (Å²) in [7, 11) is 0. The fourth-order valence-corrected chi connectivity index (χ4v) is 2.87. The van der Waals surface area contributed by atoms with Gasteiger partial charge in [-0.15, -0.1) is 0 Å². The van der Waals surface area contributed by atoms with E-state index < -0.39 is 0 Å². The minimum absolute atomic E-state index is 0.00827. The number of carbonyl (C=O) groups is 1. The molecule has 0 saturated carbocycles. The van der Waals surface area contributed by atoms with Gasteiger partial charge in [0.2, 0.25) is 5.91 Å². The van der Waals surface area contributed by atoms with Crippen molar-refractivity contribution in [3.05, 3.63) is 31.3 Å². The number of hydrogen-bond donors (Lipinski definition) is 1. The molecular weight excluding hydrogens is 452 g/mol. The fraction of sp³-hybridized carbons (Fsp3) is 0.500. The second kappa shape index (κ2) is 8.34. The van der Waals surface area contributed by atoms with Crippen molar-refractivity contribution in [3.8, 4) is 0 Å². The van der Waals surface area contributed by atoms with E-state index >= 15 is 0 Å². The summed E-state index contributed by atoms with van der Waals surface area (Å²) in [6.45, 7) is 5.53. The largest absolute Gasteiger partial charge is 0.356 e. The maximum atomic E-state index is 11.8. The number of nitrogens with zero attached hydrogens (tertiary/aromatic N) is 4. The number of nitrogens with one attached hydrogen (secondary N) is 1. The molecule has 2 aromatic rings. The Bertz CT molecular complexity index is 678. The quantitative estimate of drug-likeness (QED) is 0.500. The number of carbonyl (C=O) groups excluding carboxylic acids is 1. The molecule has 2 heterocycles. The molecule has 6 nitrogen and oxygen atoms in total. The number of aromatic nitrogens is 4. The molecule has 1 amide bonds. The molecule has 0 spiro atoms. The third-order valence-electron chi connectivity index (χ3n) is 3.32. The number of hydrogen-bond acceptors (Lipinski definition) is 3. The Balaban J connectivity index is 1.67. The maximum absolute atomic E-state index is 11.8. The summed E-state index contributed by atoms with van der Waals surface area (Å²) in [5, 5.41) is 12.4. The van der Waals surface area contributed by atoms with Gasteiger partial charge in [0.05, 0.1) is 15.0 Å². The Labute approximate surface area is 158 Å². The van der Waals surface area contributed by atoms with Gasteiger partial charge in [0, 0.05) is 32.3 Å². The van der Waals surface area contributed by atoms with Crippen molar-refractivity contribution in [1.29, 1.82) is 0 Å². The molecule has 0 atom stereocenters. The van der Waals surface area contributed by atoms with Gasteiger partial charge in [-0.3, -0.25) is 14.2 Å². The number of amides is 1. The molecule has 0 aliphatic carbocycles. The molecular formula is C14H18Cl2IN5O. The number of rotatable bonds is 7. The average molecular weight is 470 g/mol. The van der Waals surface area contributed by atoms with Crippen LogP contribution in [0.1, 0.15) is 24.2 Å². The molecule has 2 aromatic heterocycles. The molecule has 2 rings (SSSR count). The lowest BCUT2D eigenvalue weighted by Crippen LogP contribution is -2.26. The van der Waals surface area contributed by atoms with E-state index in [1.165, 1.54) is 0 Å². The van der Waals surface area contributed by atoms with Crippen LogP contribution in [0.4, 0.5) is 0 Å². The third-order valence-corrected chi connectivity index (χ3v) is 5.31. The van der Waals surface area contributed by atoms with Gasteiger partial charge in [-0.2, -0.15) is 10.2 Å². The van der Waals surface area contributed by atoms with E-state index in [9.17, 15) is 4.79 Å². The van der Waals surface area contributed by atoms with Crippen LogP contribution in [-0.2, 0) is 17.9 Å². The number of halogens is 3. The average Bonchev–Trinajstić information content (AvgIpc) is 2.96. The predicted octanol–water partition coefficient (Wildman–Crippen LogP) is 3.20. The molecule has 126 valence electrons. The Morgan fingerprint density at radius 3 is 2.57 bits per heavy atom. The van der Waals surface area contributed by atoms with Crippen LogP contribution in [0.5, 0.6) is 0 Å². The summed E-state index contributed by atoms with van der Waals surface area (Å²) in [4.78, 5) is 11.8. The molecule has 0 saturated heterocycles. The highest BCUT2D eigenvalue weighted by Crippen LogP contribution is 2.24. The maximum Gasteiger partial charge on any atom is 0.221 e. The topological polar surface area (TPSA) is 64.7 Å². The van der Waals surface area contributed by atoms with Crippen LogP contribution in [0.3, 0.4) is 0 Å². The fourth-order valence-electron chi connectivity index (χ4n) is 2.05. The smallest absolute Gasteiger partial charge is 0.221 e. The lowest BCUT2D eigenvalue weighted by Gasteiger charge is -2.06. The van der Waals surface area contributed by atoms with Gasteiger partial charge >= 0.3 is 0 Å². The van der Waals surface area contributed by atoms with E-state index in [0.717, 1.165) is 15.7 Å². The zero-order valence-electron chi connectivity index (χ0n) is 12.9. The van der Waals surface area contributed by atoms with E-state index in [4.69, 9.17) is 23.2 Å². The lowest BCUT2D eigenvalue weighted by atomic mass is 10.3. The summed E-state index contributed by atoms with van der Waals surface area (Å²) in [6.07, 6.45) is 3.08. The summed E-state index contributed by atoms with van der Waals surface area (Å²) in [6, 6.07) is 0. The molecule has 0 unspecified atom stereocenters. The normalized spacial score (nSPS) is 11.0. The van der Waals surface area contributed by atoms with Crippen LogP contribution in [0, 0.1) is 17.4 Å². The van der Waals surface area contributed by atoms with Crippen LogP contribution < -0.4 is 5.32 Å². The molecule has 0 radical (unpaired) electrons. The Kier molecular flexibility index (Phi) is 6.72. The van der Waals surface area contributed by atoms with Crippen molar-refractivity contribution in [1.82, 2.24) is 24.9 Å². The van der Waals surface area contributed by atoms with Gasteiger partial charge in [-0.1, -0.05) is 23.2 Å². The van der Waals surface area contributed by atoms with Crippen molar-refractivity contribution in [2.75, 3.05) is 6.54 Å². The van der Waals surface area contributed by atoms with E-state index in [-0.39, 0.29) is 5.91 Å². The molecule has 0 aromatic carbocycles. The first-order valence-corrected chi connectivity index (χ1v) is 9.06. The summed E-state index contributed by atoms with van der Waals surface area (Å²) in [5.41, 5.74) is 1.70. The molecule has 0 fully saturated rings. The first kappa shape index (κ1) is 18.5. The van der Waals surface area contributed by atoms with Gasteiger partial charge in [0.15, 0.2) is 0 Å². The van der Waals surface area contributed by atoms with Crippen molar-refractivity contribution >= 4 is 51.7 Å². The van der Waals surface area contributed by atoms with Crippen molar-refractivity contribution < 1.29 is 4.79 Å². The van der Waals surface area contributed by atoms with Crippen LogP contribution in [-0.4, -0.2) is 32.0 Å². The Hall–Kier alpha value is -0.800. The van der Waals surface area contributed by atoms with Crippen LogP contribution >= 0.6 is 45.8 Å². The van der Waals surface area contributed by atoms with Crippen LogP contribution in [0.2, 0.25) is 10.2 Å². The molecule has 0 bridgehead atoms. The Morgan fingerprint density at radius 1 is 1.26 bits per heavy atom. The Morgan fingerprint density at radius 2 is 2.00 bits per heavy atom. The minimum Gasteiger partial charge on any atom is -0.356 e. The second-order valence-electron chi connectivity index (χ2n) is 5.19. The molecule has 23 heavy (non-hydrogen) atoms. The predicted molar refractivity (Wildman–Crippen MR) is 98.9 cm³/mol. The van der Waals surface area contributed by atoms with Gasteiger partial charge < -0.3 is 5.32 Å². The van der Waals surface area contributed by atoms with Crippen molar-refractivity contribution in [2.24, 2.45) is 0 Å². The molecule has 1 N–H and O–H groups in total. The highest BCUT2D eigenvalue weighted by atomic mass is 127. The summed E-state index contributed by atoms with van der Waals surface area (Å²) < 4.78 is 4.55. The van der Waals surface area contributed by atoms with Crippen LogP contribution in [0.25, 0.3) is 0 Å². The van der Waals surface area contributed by atoms with Gasteiger partial charge in [0.25, 0.3) is 0 Å². The monoisotopic (exact) mass is 469 g/mol. The van der Waals surface area contributed by atoms with Crippen LogP contribution in [0.15, 0.2) is 6.20 Å². The van der Waals surface area contributed by atoms with Gasteiger partial charge in [-0.25, -0.2) is 0 Å². The van der Waals surface area contributed by atoms with E-state index in [1.54, 1.807) is 9.36 Å². The minimum atomic E-state index is 0.00827. The lowest BCUT2D eigenvalue weighted by molar-refractivity contribution is -0.121. The van der Waals surface area contributed by atoms with Gasteiger partial charge in [0.1, 0.15) is 10.2 Å². The third kappa shape index (κ3) is 5.09. The summed E-state index contributed by atoms with van der Waals surface area (Å²) >= 11 is 14.3. The SMILES string of the molecule is Cc1nn(CCC(=O)NCCCn2nc(C)c(Cl)c2Cl)cc1I.